The predicted molar refractivity (Wildman–Crippen MR) is 80.8 cm³/mol. The highest BCUT2D eigenvalue weighted by atomic mass is 79.9. The van der Waals surface area contributed by atoms with Crippen LogP contribution in [-0.4, -0.2) is 28.4 Å². The lowest BCUT2D eigenvalue weighted by atomic mass is 9.57. The molecule has 138 valence electrons. The predicted octanol–water partition coefficient (Wildman–Crippen LogP) is 4.52. The largest absolute Gasteiger partial charge is 0.427 e. The molecule has 5 rings (SSSR count). The summed E-state index contributed by atoms with van der Waals surface area (Å²) in [5.41, 5.74) is -0.977. The SMILES string of the molecule is C[C@@H]1CC[C@H]2[C@@H](C)[C@](Br)(C(F)(F)F)O[C@@H]3OC4(C)CC[C@@H]1C32OO4. The molecule has 4 saturated heterocycles. The van der Waals surface area contributed by atoms with Crippen LogP contribution in [0.25, 0.3) is 0 Å². The summed E-state index contributed by atoms with van der Waals surface area (Å²) in [6.07, 6.45) is -2.79. The van der Waals surface area contributed by atoms with E-state index < -0.39 is 34.3 Å². The second kappa shape index (κ2) is 5.09. The van der Waals surface area contributed by atoms with Crippen LogP contribution in [-0.2, 0) is 19.2 Å². The van der Waals surface area contributed by atoms with E-state index in [1.807, 2.05) is 0 Å². The maximum Gasteiger partial charge on any atom is 0.427 e. The molecular weight excluding hydrogens is 393 g/mol. The summed E-state index contributed by atoms with van der Waals surface area (Å²) >= 11 is 2.87. The molecule has 5 aliphatic rings. The third-order valence-electron chi connectivity index (χ3n) is 6.63. The summed E-state index contributed by atoms with van der Waals surface area (Å²) in [4.78, 5) is 11.4. The van der Waals surface area contributed by atoms with Gasteiger partial charge >= 0.3 is 6.18 Å². The van der Waals surface area contributed by atoms with Gasteiger partial charge in [-0.25, -0.2) is 9.78 Å². The molecule has 5 fully saturated rings. The maximum absolute atomic E-state index is 13.8. The average molecular weight is 415 g/mol. The Kier molecular flexibility index (Phi) is 3.72. The van der Waals surface area contributed by atoms with Crippen molar-refractivity contribution >= 4 is 15.9 Å². The zero-order valence-electron chi connectivity index (χ0n) is 13.9. The van der Waals surface area contributed by atoms with Crippen LogP contribution in [0.5, 0.6) is 0 Å². The lowest BCUT2D eigenvalue weighted by molar-refractivity contribution is -0.577. The quantitative estimate of drug-likeness (QED) is 0.431. The average Bonchev–Trinajstić information content (AvgIpc) is 2.70. The van der Waals surface area contributed by atoms with Crippen LogP contribution in [0, 0.1) is 23.7 Å². The third-order valence-corrected chi connectivity index (χ3v) is 7.99. The first-order valence-electron chi connectivity index (χ1n) is 8.51. The summed E-state index contributed by atoms with van der Waals surface area (Å²) < 4.78 is 50.4. The molecule has 1 saturated carbocycles. The van der Waals surface area contributed by atoms with Gasteiger partial charge in [0.05, 0.1) is 0 Å². The first-order chi connectivity index (χ1) is 11.0. The Morgan fingerprint density at radius 3 is 2.38 bits per heavy atom. The number of alkyl halides is 4. The van der Waals surface area contributed by atoms with E-state index in [0.29, 0.717) is 18.8 Å². The molecule has 0 aromatic rings. The number of hydrogen-bond acceptors (Lipinski definition) is 4. The highest BCUT2D eigenvalue weighted by molar-refractivity contribution is 9.10. The van der Waals surface area contributed by atoms with Gasteiger partial charge in [0.2, 0.25) is 10.3 Å². The van der Waals surface area contributed by atoms with Crippen molar-refractivity contribution in [1.82, 2.24) is 0 Å². The fraction of sp³-hybridized carbons (Fsp3) is 1.00. The molecule has 8 atom stereocenters. The Morgan fingerprint density at radius 2 is 1.71 bits per heavy atom. The van der Waals surface area contributed by atoms with Gasteiger partial charge in [0, 0.05) is 18.3 Å². The minimum Gasteiger partial charge on any atom is -0.322 e. The summed E-state index contributed by atoms with van der Waals surface area (Å²) in [6, 6.07) is 0. The third kappa shape index (κ3) is 2.06. The van der Waals surface area contributed by atoms with Crippen molar-refractivity contribution in [2.75, 3.05) is 0 Å². The summed E-state index contributed by atoms with van der Waals surface area (Å²) in [5.74, 6) is -1.88. The van der Waals surface area contributed by atoms with Gasteiger partial charge < -0.3 is 9.47 Å². The molecule has 1 aliphatic carbocycles. The van der Waals surface area contributed by atoms with Crippen LogP contribution in [0.15, 0.2) is 0 Å². The lowest BCUT2D eigenvalue weighted by Gasteiger charge is -2.62. The molecule has 0 N–H and O–H groups in total. The number of fused-ring (bicyclic) bond motifs is 2. The van der Waals surface area contributed by atoms with Gasteiger partial charge in [0.1, 0.15) is 0 Å². The van der Waals surface area contributed by atoms with E-state index in [1.54, 1.807) is 13.8 Å². The Labute approximate surface area is 147 Å². The molecule has 0 aromatic heterocycles. The van der Waals surface area contributed by atoms with E-state index in [1.165, 1.54) is 0 Å². The normalized spacial score (nSPS) is 57.4. The fourth-order valence-corrected chi connectivity index (χ4v) is 5.72. The van der Waals surface area contributed by atoms with Crippen LogP contribution in [0.1, 0.15) is 46.5 Å². The monoisotopic (exact) mass is 414 g/mol. The van der Waals surface area contributed by atoms with Gasteiger partial charge in [0.25, 0.3) is 0 Å². The smallest absolute Gasteiger partial charge is 0.322 e. The zero-order chi connectivity index (χ0) is 17.5. The fourth-order valence-electron chi connectivity index (χ4n) is 5.23. The Morgan fingerprint density at radius 1 is 1.00 bits per heavy atom. The molecular formula is C16H22BrF3O4. The van der Waals surface area contributed by atoms with E-state index in [9.17, 15) is 13.2 Å². The summed E-state index contributed by atoms with van der Waals surface area (Å²) in [7, 11) is 0. The molecule has 24 heavy (non-hydrogen) atoms. The topological polar surface area (TPSA) is 36.9 Å². The van der Waals surface area contributed by atoms with E-state index in [4.69, 9.17) is 19.2 Å². The minimum atomic E-state index is -4.55. The zero-order valence-corrected chi connectivity index (χ0v) is 15.4. The second-order valence-corrected chi connectivity index (χ2v) is 9.14. The molecule has 2 unspecified atom stereocenters. The van der Waals surface area contributed by atoms with Gasteiger partial charge in [-0.1, -0.05) is 13.8 Å². The molecule has 1 spiro atoms. The van der Waals surface area contributed by atoms with Crippen molar-refractivity contribution in [3.8, 4) is 0 Å². The molecule has 4 heterocycles. The molecule has 0 aromatic carbocycles. The van der Waals surface area contributed by atoms with E-state index in [0.717, 1.165) is 12.8 Å². The second-order valence-electron chi connectivity index (χ2n) is 7.96. The van der Waals surface area contributed by atoms with Gasteiger partial charge in [0.15, 0.2) is 11.9 Å². The summed E-state index contributed by atoms with van der Waals surface area (Å²) in [6.45, 7) is 5.40. The number of ether oxygens (including phenoxy) is 2. The highest BCUT2D eigenvalue weighted by Crippen LogP contribution is 2.65. The van der Waals surface area contributed by atoms with Gasteiger partial charge in [-0.15, -0.1) is 0 Å². The standard InChI is InChI=1S/C16H22BrF3O4/c1-8-4-5-11-9(2)15(17,16(18,19)20)22-12-14(11)10(8)6-7-13(3,21-12)23-24-14/h8-12H,4-7H2,1-3H3/t8-,9-,10+,11+,12+,13?,14?,15-/m1/s1. The number of rotatable bonds is 0. The van der Waals surface area contributed by atoms with Crippen LogP contribution in [0.2, 0.25) is 0 Å². The lowest BCUT2D eigenvalue weighted by Crippen LogP contribution is -2.74. The van der Waals surface area contributed by atoms with Crippen molar-refractivity contribution in [3.05, 3.63) is 0 Å². The van der Waals surface area contributed by atoms with Crippen LogP contribution >= 0.6 is 15.9 Å². The first-order valence-corrected chi connectivity index (χ1v) is 9.31. The van der Waals surface area contributed by atoms with E-state index in [2.05, 4.69) is 22.9 Å². The molecule has 8 heteroatoms. The van der Waals surface area contributed by atoms with Crippen molar-refractivity contribution < 1.29 is 32.4 Å². The van der Waals surface area contributed by atoms with Gasteiger partial charge in [-0.3, -0.25) is 0 Å². The minimum absolute atomic E-state index is 0.0540. The van der Waals surface area contributed by atoms with Gasteiger partial charge in [-0.2, -0.15) is 13.2 Å². The van der Waals surface area contributed by atoms with E-state index in [-0.39, 0.29) is 11.8 Å². The Bertz CT molecular complexity index is 546. The molecule has 0 amide bonds. The van der Waals surface area contributed by atoms with Gasteiger partial charge in [-0.05, 0) is 54.0 Å². The Balaban J connectivity index is 1.84. The Hall–Kier alpha value is 0.110. The number of halogens is 4. The number of hydrogen-bond donors (Lipinski definition) is 0. The maximum atomic E-state index is 13.8. The van der Waals surface area contributed by atoms with Crippen molar-refractivity contribution in [3.63, 3.8) is 0 Å². The van der Waals surface area contributed by atoms with Crippen LogP contribution < -0.4 is 0 Å². The molecule has 0 radical (unpaired) electrons. The van der Waals surface area contributed by atoms with Crippen molar-refractivity contribution in [2.24, 2.45) is 23.7 Å². The summed E-state index contributed by atoms with van der Waals surface area (Å²) in [5, 5.41) is 0. The van der Waals surface area contributed by atoms with Crippen molar-refractivity contribution in [2.45, 2.75) is 74.8 Å². The highest BCUT2D eigenvalue weighted by Gasteiger charge is 2.75. The van der Waals surface area contributed by atoms with Crippen molar-refractivity contribution in [1.29, 1.82) is 0 Å². The molecule has 4 aliphatic heterocycles. The molecule has 2 bridgehead atoms. The first kappa shape index (κ1) is 17.5. The van der Waals surface area contributed by atoms with Crippen LogP contribution in [0.4, 0.5) is 13.2 Å². The van der Waals surface area contributed by atoms with E-state index >= 15 is 0 Å². The molecule has 4 nitrogen and oxygen atoms in total. The van der Waals surface area contributed by atoms with Crippen LogP contribution in [0.3, 0.4) is 0 Å².